The number of amides is 2. The Morgan fingerprint density at radius 2 is 1.92 bits per heavy atom. The predicted octanol–water partition coefficient (Wildman–Crippen LogP) is 1.28. The highest BCUT2D eigenvalue weighted by Gasteiger charge is 2.41. The Hall–Kier alpha value is -2.45. The SMILES string of the molecule is Cl.O=C(CNC(=O)C1(n2cccn2)CCNCC1)Nc1ccc(F)cc1. The maximum absolute atomic E-state index is 12.9. The summed E-state index contributed by atoms with van der Waals surface area (Å²) in [6.45, 7) is 1.25. The van der Waals surface area contributed by atoms with Crippen molar-refractivity contribution in [2.75, 3.05) is 25.0 Å². The van der Waals surface area contributed by atoms with Crippen LogP contribution in [0.1, 0.15) is 12.8 Å². The smallest absolute Gasteiger partial charge is 0.248 e. The van der Waals surface area contributed by atoms with Gasteiger partial charge in [0, 0.05) is 18.1 Å². The molecule has 1 aromatic heterocycles. The van der Waals surface area contributed by atoms with E-state index in [4.69, 9.17) is 0 Å². The van der Waals surface area contributed by atoms with Crippen molar-refractivity contribution in [3.63, 3.8) is 0 Å². The minimum absolute atomic E-state index is 0. The summed E-state index contributed by atoms with van der Waals surface area (Å²) < 4.78 is 14.5. The summed E-state index contributed by atoms with van der Waals surface area (Å²) in [6, 6.07) is 7.23. The molecule has 1 aliphatic rings. The van der Waals surface area contributed by atoms with E-state index in [1.165, 1.54) is 24.3 Å². The molecular formula is C17H21ClFN5O2. The highest BCUT2D eigenvalue weighted by molar-refractivity contribution is 5.95. The number of hydrogen-bond donors (Lipinski definition) is 3. The van der Waals surface area contributed by atoms with Gasteiger partial charge in [-0.15, -0.1) is 12.4 Å². The fourth-order valence-electron chi connectivity index (χ4n) is 2.99. The number of carbonyl (C=O) groups excluding carboxylic acids is 2. The van der Waals surface area contributed by atoms with Crippen molar-refractivity contribution in [3.8, 4) is 0 Å². The van der Waals surface area contributed by atoms with Crippen molar-refractivity contribution in [2.24, 2.45) is 0 Å². The lowest BCUT2D eigenvalue weighted by molar-refractivity contribution is -0.133. The predicted molar refractivity (Wildman–Crippen MR) is 97.6 cm³/mol. The van der Waals surface area contributed by atoms with Crippen LogP contribution in [-0.2, 0) is 15.1 Å². The molecule has 140 valence electrons. The number of rotatable bonds is 5. The summed E-state index contributed by atoms with van der Waals surface area (Å²) in [4.78, 5) is 24.8. The molecule has 3 rings (SSSR count). The van der Waals surface area contributed by atoms with Crippen molar-refractivity contribution in [3.05, 3.63) is 48.5 Å². The van der Waals surface area contributed by atoms with Crippen LogP contribution in [0.25, 0.3) is 0 Å². The first kappa shape index (κ1) is 19.9. The van der Waals surface area contributed by atoms with E-state index in [1.807, 2.05) is 0 Å². The molecule has 1 aromatic carbocycles. The quantitative estimate of drug-likeness (QED) is 0.728. The van der Waals surface area contributed by atoms with Gasteiger partial charge in [-0.3, -0.25) is 14.3 Å². The summed E-state index contributed by atoms with van der Waals surface area (Å²) in [5.41, 5.74) is -0.311. The molecule has 26 heavy (non-hydrogen) atoms. The van der Waals surface area contributed by atoms with Gasteiger partial charge in [0.25, 0.3) is 0 Å². The largest absolute Gasteiger partial charge is 0.345 e. The van der Waals surface area contributed by atoms with Gasteiger partial charge in [-0.2, -0.15) is 5.10 Å². The van der Waals surface area contributed by atoms with E-state index in [9.17, 15) is 14.0 Å². The average Bonchev–Trinajstić information content (AvgIpc) is 3.17. The van der Waals surface area contributed by atoms with Crippen LogP contribution in [0.15, 0.2) is 42.7 Å². The molecule has 1 saturated heterocycles. The van der Waals surface area contributed by atoms with E-state index in [1.54, 1.807) is 23.1 Å². The lowest BCUT2D eigenvalue weighted by Gasteiger charge is -2.36. The molecule has 9 heteroatoms. The lowest BCUT2D eigenvalue weighted by Crippen LogP contribution is -2.55. The maximum atomic E-state index is 12.9. The third-order valence-corrected chi connectivity index (χ3v) is 4.33. The first-order chi connectivity index (χ1) is 12.1. The zero-order valence-corrected chi connectivity index (χ0v) is 14.9. The third kappa shape index (κ3) is 4.39. The number of aromatic nitrogens is 2. The van der Waals surface area contributed by atoms with Crippen molar-refractivity contribution in [2.45, 2.75) is 18.4 Å². The van der Waals surface area contributed by atoms with E-state index in [0.29, 0.717) is 31.6 Å². The molecule has 0 saturated carbocycles. The normalized spacial score (nSPS) is 15.6. The van der Waals surface area contributed by atoms with Crippen LogP contribution in [0.3, 0.4) is 0 Å². The maximum Gasteiger partial charge on any atom is 0.248 e. The molecule has 0 aliphatic carbocycles. The highest BCUT2D eigenvalue weighted by Crippen LogP contribution is 2.27. The number of benzene rings is 1. The number of anilines is 1. The van der Waals surface area contributed by atoms with Crippen LogP contribution in [0.2, 0.25) is 0 Å². The Kier molecular flexibility index (Phi) is 6.70. The second-order valence-electron chi connectivity index (χ2n) is 5.97. The van der Waals surface area contributed by atoms with E-state index >= 15 is 0 Å². The van der Waals surface area contributed by atoms with Crippen molar-refractivity contribution in [1.82, 2.24) is 20.4 Å². The van der Waals surface area contributed by atoms with Crippen molar-refractivity contribution < 1.29 is 14.0 Å². The number of piperidine rings is 1. The lowest BCUT2D eigenvalue weighted by atomic mass is 9.87. The Bertz CT molecular complexity index is 730. The molecule has 0 spiro atoms. The van der Waals surface area contributed by atoms with E-state index in [-0.39, 0.29) is 36.6 Å². The molecule has 7 nitrogen and oxygen atoms in total. The van der Waals surface area contributed by atoms with Gasteiger partial charge in [0.15, 0.2) is 0 Å². The Labute approximate surface area is 156 Å². The summed E-state index contributed by atoms with van der Waals surface area (Å²) >= 11 is 0. The fourth-order valence-corrected chi connectivity index (χ4v) is 2.99. The zero-order chi connectivity index (χ0) is 17.7. The first-order valence-corrected chi connectivity index (χ1v) is 8.15. The summed E-state index contributed by atoms with van der Waals surface area (Å²) in [7, 11) is 0. The Balaban J connectivity index is 0.00000243. The highest BCUT2D eigenvalue weighted by atomic mass is 35.5. The van der Waals surface area contributed by atoms with Crippen LogP contribution in [0, 0.1) is 5.82 Å². The van der Waals surface area contributed by atoms with Gasteiger partial charge in [-0.05, 0) is 56.3 Å². The minimum Gasteiger partial charge on any atom is -0.345 e. The van der Waals surface area contributed by atoms with Crippen LogP contribution in [0.4, 0.5) is 10.1 Å². The van der Waals surface area contributed by atoms with Gasteiger partial charge in [0.1, 0.15) is 11.4 Å². The molecule has 0 unspecified atom stereocenters. The van der Waals surface area contributed by atoms with Crippen molar-refractivity contribution >= 4 is 29.9 Å². The fraction of sp³-hybridized carbons (Fsp3) is 0.353. The average molecular weight is 382 g/mol. The number of halogens is 2. The van der Waals surface area contributed by atoms with Gasteiger partial charge in [-0.25, -0.2) is 4.39 Å². The zero-order valence-electron chi connectivity index (χ0n) is 14.1. The van der Waals surface area contributed by atoms with Gasteiger partial charge < -0.3 is 16.0 Å². The molecule has 2 aromatic rings. The van der Waals surface area contributed by atoms with Crippen LogP contribution < -0.4 is 16.0 Å². The molecule has 1 aliphatic heterocycles. The van der Waals surface area contributed by atoms with Crippen molar-refractivity contribution in [1.29, 1.82) is 0 Å². The summed E-state index contributed by atoms with van der Waals surface area (Å²) in [6.07, 6.45) is 4.60. The number of nitrogens with zero attached hydrogens (tertiary/aromatic N) is 2. The number of hydrogen-bond acceptors (Lipinski definition) is 4. The summed E-state index contributed by atoms with van der Waals surface area (Å²) in [5.74, 6) is -0.977. The number of nitrogens with one attached hydrogen (secondary N) is 3. The van der Waals surface area contributed by atoms with Gasteiger partial charge in [-0.1, -0.05) is 0 Å². The standard InChI is InChI=1S/C17H20FN5O2.ClH/c18-13-2-4-14(5-3-13)22-15(24)12-20-16(25)17(6-9-19-10-7-17)23-11-1-8-21-23;/h1-5,8,11,19H,6-7,9-10,12H2,(H,20,25)(H,22,24);1H. The first-order valence-electron chi connectivity index (χ1n) is 8.15. The molecule has 2 amide bonds. The van der Waals surface area contributed by atoms with Gasteiger partial charge >= 0.3 is 0 Å². The monoisotopic (exact) mass is 381 g/mol. The van der Waals surface area contributed by atoms with E-state index < -0.39 is 5.54 Å². The van der Waals surface area contributed by atoms with Crippen LogP contribution in [0.5, 0.6) is 0 Å². The van der Waals surface area contributed by atoms with Gasteiger partial charge in [0.05, 0.1) is 6.54 Å². The van der Waals surface area contributed by atoms with Crippen LogP contribution in [-0.4, -0.2) is 41.2 Å². The third-order valence-electron chi connectivity index (χ3n) is 4.33. The number of carbonyl (C=O) groups is 2. The van der Waals surface area contributed by atoms with E-state index in [0.717, 1.165) is 0 Å². The molecular weight excluding hydrogens is 361 g/mol. The summed E-state index contributed by atoms with van der Waals surface area (Å²) in [5, 5.41) is 12.8. The second-order valence-corrected chi connectivity index (χ2v) is 5.97. The van der Waals surface area contributed by atoms with E-state index in [2.05, 4.69) is 21.0 Å². The Morgan fingerprint density at radius 3 is 2.54 bits per heavy atom. The molecule has 0 atom stereocenters. The van der Waals surface area contributed by atoms with Crippen LogP contribution >= 0.6 is 12.4 Å². The molecule has 0 bridgehead atoms. The molecule has 1 fully saturated rings. The molecule has 2 heterocycles. The second kappa shape index (κ2) is 8.77. The topological polar surface area (TPSA) is 88.0 Å². The van der Waals surface area contributed by atoms with Gasteiger partial charge in [0.2, 0.25) is 11.8 Å². The Morgan fingerprint density at radius 1 is 1.23 bits per heavy atom. The molecule has 0 radical (unpaired) electrons. The molecule has 3 N–H and O–H groups in total. The minimum atomic E-state index is -0.787.